The minimum absolute atomic E-state index is 0.176. The fourth-order valence-corrected chi connectivity index (χ4v) is 1.53. The van der Waals surface area contributed by atoms with Crippen molar-refractivity contribution in [1.82, 2.24) is 5.32 Å². The van der Waals surface area contributed by atoms with Crippen molar-refractivity contribution in [2.45, 2.75) is 19.3 Å². The van der Waals surface area contributed by atoms with E-state index in [1.54, 1.807) is 12.1 Å². The molecule has 1 N–H and O–H groups in total. The number of amides is 1. The third-order valence-corrected chi connectivity index (χ3v) is 2.73. The molecule has 1 aromatic carbocycles. The predicted octanol–water partition coefficient (Wildman–Crippen LogP) is 1.75. The number of benzene rings is 1. The minimum Gasteiger partial charge on any atom is -0.494 e. The van der Waals surface area contributed by atoms with Gasteiger partial charge in [-0.3, -0.25) is 4.79 Å². The van der Waals surface area contributed by atoms with Crippen LogP contribution in [0.3, 0.4) is 0 Å². The predicted molar refractivity (Wildman–Crippen MR) is 64.6 cm³/mol. The molecular weight excluding hydrogens is 235 g/mol. The number of hydrogen-bond acceptors (Lipinski definition) is 3. The maximum absolute atomic E-state index is 13.6. The van der Waals surface area contributed by atoms with Crippen LogP contribution in [0.2, 0.25) is 0 Å². The Labute approximate surface area is 105 Å². The standard InChI is InChI=1S/C13H15FN2O2/c1-13(2,8-16-12(17)7-15)9-4-5-11(18-3)10(14)6-9/h4-6H,8H2,1-3H3,(H,16,17). The third-order valence-electron chi connectivity index (χ3n) is 2.73. The highest BCUT2D eigenvalue weighted by Crippen LogP contribution is 2.26. The van der Waals surface area contributed by atoms with Gasteiger partial charge in [0, 0.05) is 12.0 Å². The van der Waals surface area contributed by atoms with Gasteiger partial charge in [-0.2, -0.15) is 5.26 Å². The number of methoxy groups -OCH3 is 1. The summed E-state index contributed by atoms with van der Waals surface area (Å²) >= 11 is 0. The molecule has 1 aromatic rings. The lowest BCUT2D eigenvalue weighted by molar-refractivity contribution is -0.116. The van der Waals surface area contributed by atoms with Crippen molar-refractivity contribution in [3.63, 3.8) is 0 Å². The molecular formula is C13H15FN2O2. The highest BCUT2D eigenvalue weighted by Gasteiger charge is 2.22. The molecule has 0 aliphatic rings. The van der Waals surface area contributed by atoms with E-state index in [0.717, 1.165) is 5.56 Å². The molecule has 1 rings (SSSR count). The van der Waals surface area contributed by atoms with Crippen molar-refractivity contribution in [3.05, 3.63) is 29.6 Å². The van der Waals surface area contributed by atoms with Crippen LogP contribution >= 0.6 is 0 Å². The topological polar surface area (TPSA) is 62.1 Å². The molecule has 0 atom stereocenters. The molecule has 0 aliphatic carbocycles. The molecule has 0 saturated carbocycles. The van der Waals surface area contributed by atoms with E-state index in [1.165, 1.54) is 19.2 Å². The molecule has 18 heavy (non-hydrogen) atoms. The minimum atomic E-state index is -0.697. The van der Waals surface area contributed by atoms with E-state index in [2.05, 4.69) is 5.32 Å². The summed E-state index contributed by atoms with van der Waals surface area (Å²) in [5.41, 5.74) is 0.249. The van der Waals surface area contributed by atoms with E-state index < -0.39 is 17.1 Å². The van der Waals surface area contributed by atoms with Crippen LogP contribution in [0, 0.1) is 17.1 Å². The Kier molecular flexibility index (Phi) is 4.27. The Morgan fingerprint density at radius 2 is 2.22 bits per heavy atom. The lowest BCUT2D eigenvalue weighted by atomic mass is 9.84. The lowest BCUT2D eigenvalue weighted by Crippen LogP contribution is -2.36. The zero-order valence-corrected chi connectivity index (χ0v) is 10.6. The molecule has 96 valence electrons. The summed E-state index contributed by atoms with van der Waals surface area (Å²) in [6.07, 6.45) is 0. The molecule has 0 aliphatic heterocycles. The number of hydrogen-bond donors (Lipinski definition) is 1. The Morgan fingerprint density at radius 1 is 1.56 bits per heavy atom. The van der Waals surface area contributed by atoms with Crippen LogP contribution in [-0.4, -0.2) is 19.6 Å². The average Bonchev–Trinajstić information content (AvgIpc) is 2.35. The van der Waals surface area contributed by atoms with Gasteiger partial charge in [-0.25, -0.2) is 4.39 Å². The molecule has 0 bridgehead atoms. The Hall–Kier alpha value is -2.09. The third kappa shape index (κ3) is 3.20. The number of carbonyl (C=O) groups excluding carboxylic acids is 1. The maximum atomic E-state index is 13.6. The van der Waals surface area contributed by atoms with Gasteiger partial charge in [0.05, 0.1) is 7.11 Å². The quantitative estimate of drug-likeness (QED) is 0.828. The molecule has 4 nitrogen and oxygen atoms in total. The van der Waals surface area contributed by atoms with Gasteiger partial charge in [-0.05, 0) is 17.7 Å². The number of carbonyl (C=O) groups is 1. The molecule has 1 amide bonds. The van der Waals surface area contributed by atoms with Gasteiger partial charge < -0.3 is 10.1 Å². The van der Waals surface area contributed by atoms with Gasteiger partial charge in [0.2, 0.25) is 0 Å². The number of halogens is 1. The number of ether oxygens (including phenoxy) is 1. The van der Waals surface area contributed by atoms with E-state index in [4.69, 9.17) is 10.00 Å². The lowest BCUT2D eigenvalue weighted by Gasteiger charge is -2.25. The first kappa shape index (κ1) is 14.0. The molecule has 5 heteroatoms. The highest BCUT2D eigenvalue weighted by atomic mass is 19.1. The second kappa shape index (κ2) is 5.50. The highest BCUT2D eigenvalue weighted by molar-refractivity contribution is 5.91. The van der Waals surface area contributed by atoms with E-state index in [1.807, 2.05) is 13.8 Å². The first-order valence-electron chi connectivity index (χ1n) is 5.42. The van der Waals surface area contributed by atoms with Gasteiger partial charge in [-0.1, -0.05) is 19.9 Å². The number of rotatable bonds is 4. The summed E-state index contributed by atoms with van der Waals surface area (Å²) in [6, 6.07) is 6.12. The fourth-order valence-electron chi connectivity index (χ4n) is 1.53. The number of nitrogens with one attached hydrogen (secondary N) is 1. The van der Waals surface area contributed by atoms with Gasteiger partial charge in [0.25, 0.3) is 0 Å². The van der Waals surface area contributed by atoms with E-state index >= 15 is 0 Å². The van der Waals surface area contributed by atoms with E-state index in [-0.39, 0.29) is 12.3 Å². The van der Waals surface area contributed by atoms with Gasteiger partial charge in [0.1, 0.15) is 0 Å². The van der Waals surface area contributed by atoms with Crippen molar-refractivity contribution >= 4 is 5.91 Å². The van der Waals surface area contributed by atoms with Gasteiger partial charge in [-0.15, -0.1) is 0 Å². The molecule has 0 radical (unpaired) electrons. The molecule has 0 unspecified atom stereocenters. The molecule has 0 heterocycles. The fraction of sp³-hybridized carbons (Fsp3) is 0.385. The summed E-state index contributed by atoms with van der Waals surface area (Å²) in [6.45, 7) is 3.96. The largest absolute Gasteiger partial charge is 0.494 e. The molecule has 0 aromatic heterocycles. The van der Waals surface area contributed by atoms with Crippen LogP contribution in [0.5, 0.6) is 5.75 Å². The zero-order valence-electron chi connectivity index (χ0n) is 10.6. The average molecular weight is 250 g/mol. The van der Waals surface area contributed by atoms with Gasteiger partial charge >= 0.3 is 5.91 Å². The normalized spacial score (nSPS) is 10.6. The summed E-state index contributed by atoms with van der Waals surface area (Å²) in [5, 5.41) is 10.8. The van der Waals surface area contributed by atoms with Crippen molar-refractivity contribution in [3.8, 4) is 11.8 Å². The number of nitrogens with zero attached hydrogens (tertiary/aromatic N) is 1. The summed E-state index contributed by atoms with van der Waals surface area (Å²) in [5.74, 6) is -0.970. The van der Waals surface area contributed by atoms with Crippen molar-refractivity contribution in [2.75, 3.05) is 13.7 Å². The first-order chi connectivity index (χ1) is 8.40. The second-order valence-corrected chi connectivity index (χ2v) is 4.53. The monoisotopic (exact) mass is 250 g/mol. The summed E-state index contributed by atoms with van der Waals surface area (Å²) in [4.78, 5) is 10.9. The van der Waals surface area contributed by atoms with Crippen molar-refractivity contribution in [1.29, 1.82) is 5.26 Å². The van der Waals surface area contributed by atoms with Gasteiger partial charge in [0.15, 0.2) is 17.6 Å². The first-order valence-corrected chi connectivity index (χ1v) is 5.42. The van der Waals surface area contributed by atoms with Crippen molar-refractivity contribution in [2.24, 2.45) is 0 Å². The smallest absolute Gasteiger partial charge is 0.322 e. The summed E-state index contributed by atoms with van der Waals surface area (Å²) in [7, 11) is 1.40. The molecule has 0 saturated heterocycles. The van der Waals surface area contributed by atoms with Crippen LogP contribution in [-0.2, 0) is 10.2 Å². The number of nitriles is 1. The SMILES string of the molecule is COc1ccc(C(C)(C)CNC(=O)C#N)cc1F. The van der Waals surface area contributed by atoms with Crippen LogP contribution < -0.4 is 10.1 Å². The van der Waals surface area contributed by atoms with Crippen LogP contribution in [0.25, 0.3) is 0 Å². The van der Waals surface area contributed by atoms with Crippen molar-refractivity contribution < 1.29 is 13.9 Å². The van der Waals surface area contributed by atoms with E-state index in [0.29, 0.717) is 0 Å². The zero-order chi connectivity index (χ0) is 13.8. The maximum Gasteiger partial charge on any atom is 0.322 e. The Bertz CT molecular complexity index is 492. The Balaban J connectivity index is 2.88. The summed E-state index contributed by atoms with van der Waals surface area (Å²) < 4.78 is 18.4. The van der Waals surface area contributed by atoms with E-state index in [9.17, 15) is 9.18 Å². The van der Waals surface area contributed by atoms with Crippen LogP contribution in [0.15, 0.2) is 18.2 Å². The van der Waals surface area contributed by atoms with Crippen LogP contribution in [0.4, 0.5) is 4.39 Å². The second-order valence-electron chi connectivity index (χ2n) is 4.53. The molecule has 0 spiro atoms. The molecule has 0 fully saturated rings. The van der Waals surface area contributed by atoms with Crippen LogP contribution in [0.1, 0.15) is 19.4 Å². The Morgan fingerprint density at radius 3 is 2.72 bits per heavy atom.